The lowest BCUT2D eigenvalue weighted by Gasteiger charge is -2.23. The van der Waals surface area contributed by atoms with Crippen molar-refractivity contribution in [2.24, 2.45) is 5.73 Å². The minimum Gasteiger partial charge on any atom is -0.368 e. The molecular formula is C17H22N4O3. The highest BCUT2D eigenvalue weighted by Crippen LogP contribution is 2.18. The van der Waals surface area contributed by atoms with E-state index in [0.29, 0.717) is 32.4 Å². The van der Waals surface area contributed by atoms with Gasteiger partial charge >= 0.3 is 6.03 Å². The fraction of sp³-hybridized carbons (Fsp3) is 0.353. The first-order valence-corrected chi connectivity index (χ1v) is 7.87. The highest BCUT2D eigenvalue weighted by Gasteiger charge is 2.33. The minimum atomic E-state index is -0.628. The van der Waals surface area contributed by atoms with E-state index in [0.717, 1.165) is 5.56 Å². The van der Waals surface area contributed by atoms with Gasteiger partial charge in [-0.25, -0.2) is 4.79 Å². The Bertz CT molecular complexity index is 630. The second-order valence-electron chi connectivity index (χ2n) is 5.65. The molecule has 0 radical (unpaired) electrons. The van der Waals surface area contributed by atoms with Crippen LogP contribution in [0.25, 0.3) is 0 Å². The van der Waals surface area contributed by atoms with Crippen LogP contribution >= 0.6 is 0 Å². The van der Waals surface area contributed by atoms with Crippen LogP contribution in [0.5, 0.6) is 0 Å². The highest BCUT2D eigenvalue weighted by molar-refractivity contribution is 5.99. The predicted octanol–water partition coefficient (Wildman–Crippen LogP) is 0.518. The molecular weight excluding hydrogens is 308 g/mol. The summed E-state index contributed by atoms with van der Waals surface area (Å²) in [4.78, 5) is 36.8. The van der Waals surface area contributed by atoms with Gasteiger partial charge in [0.15, 0.2) is 0 Å². The van der Waals surface area contributed by atoms with Gasteiger partial charge in [-0.05, 0) is 24.8 Å². The monoisotopic (exact) mass is 330 g/mol. The maximum Gasteiger partial charge on any atom is 0.319 e. The number of carbonyl (C=O) groups is 3. The van der Waals surface area contributed by atoms with Gasteiger partial charge in [0.1, 0.15) is 11.7 Å². The van der Waals surface area contributed by atoms with Crippen LogP contribution in [0.4, 0.5) is 4.79 Å². The lowest BCUT2D eigenvalue weighted by atomic mass is 10.1. The predicted molar refractivity (Wildman–Crippen MR) is 89.7 cm³/mol. The molecule has 0 aliphatic carbocycles. The Labute approximate surface area is 140 Å². The van der Waals surface area contributed by atoms with Gasteiger partial charge in [0.2, 0.25) is 5.91 Å². The first kappa shape index (κ1) is 17.5. The van der Waals surface area contributed by atoms with E-state index in [1.807, 2.05) is 30.3 Å². The number of nitrogens with one attached hydrogen (secondary N) is 2. The second kappa shape index (κ2) is 8.14. The third-order valence-corrected chi connectivity index (χ3v) is 3.91. The Morgan fingerprint density at radius 3 is 2.62 bits per heavy atom. The summed E-state index contributed by atoms with van der Waals surface area (Å²) in [5, 5.41) is 5.08. The van der Waals surface area contributed by atoms with Crippen molar-refractivity contribution in [2.45, 2.75) is 25.3 Å². The SMILES string of the molecule is C=C(NC(=O)NCCc1ccccc1)C(=O)N1CCC[C@H]1C(N)=O. The molecule has 0 saturated carbocycles. The summed E-state index contributed by atoms with van der Waals surface area (Å²) in [6.45, 7) is 4.45. The molecule has 7 heteroatoms. The van der Waals surface area contributed by atoms with Gasteiger partial charge < -0.3 is 21.3 Å². The molecule has 1 aromatic carbocycles. The van der Waals surface area contributed by atoms with Crippen LogP contribution < -0.4 is 16.4 Å². The molecule has 2 rings (SSSR count). The first-order chi connectivity index (χ1) is 11.5. The lowest BCUT2D eigenvalue weighted by Crippen LogP contribution is -2.47. The van der Waals surface area contributed by atoms with Gasteiger partial charge in [0, 0.05) is 13.1 Å². The van der Waals surface area contributed by atoms with E-state index in [1.165, 1.54) is 4.90 Å². The highest BCUT2D eigenvalue weighted by atomic mass is 16.2. The molecule has 1 aliphatic heterocycles. The van der Waals surface area contributed by atoms with Crippen LogP contribution in [0.3, 0.4) is 0 Å². The molecule has 24 heavy (non-hydrogen) atoms. The van der Waals surface area contributed by atoms with E-state index in [2.05, 4.69) is 17.2 Å². The van der Waals surface area contributed by atoms with E-state index in [-0.39, 0.29) is 5.70 Å². The summed E-state index contributed by atoms with van der Waals surface area (Å²) < 4.78 is 0. The smallest absolute Gasteiger partial charge is 0.319 e. The van der Waals surface area contributed by atoms with E-state index >= 15 is 0 Å². The zero-order valence-corrected chi connectivity index (χ0v) is 13.5. The topological polar surface area (TPSA) is 105 Å². The largest absolute Gasteiger partial charge is 0.368 e. The number of carbonyl (C=O) groups excluding carboxylic acids is 3. The van der Waals surface area contributed by atoms with Crippen LogP contribution in [-0.2, 0) is 16.0 Å². The van der Waals surface area contributed by atoms with Crippen LogP contribution in [0.2, 0.25) is 0 Å². The molecule has 1 heterocycles. The quantitative estimate of drug-likeness (QED) is 0.662. The van der Waals surface area contributed by atoms with E-state index in [9.17, 15) is 14.4 Å². The molecule has 0 bridgehead atoms. The van der Waals surface area contributed by atoms with Crippen molar-refractivity contribution in [1.82, 2.24) is 15.5 Å². The summed E-state index contributed by atoms with van der Waals surface area (Å²) in [5.74, 6) is -1.02. The third-order valence-electron chi connectivity index (χ3n) is 3.91. The fourth-order valence-electron chi connectivity index (χ4n) is 2.68. The maximum atomic E-state index is 12.3. The summed E-state index contributed by atoms with van der Waals surface area (Å²) >= 11 is 0. The number of amides is 4. The number of hydrogen-bond donors (Lipinski definition) is 3. The Morgan fingerprint density at radius 2 is 1.96 bits per heavy atom. The molecule has 0 unspecified atom stereocenters. The number of rotatable bonds is 6. The molecule has 7 nitrogen and oxygen atoms in total. The average molecular weight is 330 g/mol. The van der Waals surface area contributed by atoms with Gasteiger partial charge in [0.05, 0.1) is 0 Å². The zero-order valence-electron chi connectivity index (χ0n) is 13.5. The van der Waals surface area contributed by atoms with Crippen molar-refractivity contribution in [3.8, 4) is 0 Å². The zero-order chi connectivity index (χ0) is 17.5. The normalized spacial score (nSPS) is 16.5. The van der Waals surface area contributed by atoms with Crippen molar-refractivity contribution in [1.29, 1.82) is 0 Å². The van der Waals surface area contributed by atoms with Gasteiger partial charge in [-0.3, -0.25) is 9.59 Å². The number of hydrogen-bond acceptors (Lipinski definition) is 3. The molecule has 4 amide bonds. The molecule has 0 spiro atoms. The third kappa shape index (κ3) is 4.58. The molecule has 128 valence electrons. The number of nitrogens with zero attached hydrogens (tertiary/aromatic N) is 1. The standard InChI is InChI=1S/C17H22N4O3/c1-12(16(23)21-11-5-8-14(21)15(18)22)20-17(24)19-10-9-13-6-3-2-4-7-13/h2-4,6-7,14H,1,5,8-11H2,(H2,18,22)(H2,19,20,24)/t14-/m0/s1. The number of urea groups is 1. The van der Waals surface area contributed by atoms with Crippen LogP contribution in [0.15, 0.2) is 42.6 Å². The van der Waals surface area contributed by atoms with Crippen LogP contribution in [-0.4, -0.2) is 41.9 Å². The van der Waals surface area contributed by atoms with E-state index < -0.39 is 23.9 Å². The molecule has 0 aromatic heterocycles. The maximum absolute atomic E-state index is 12.3. The summed E-state index contributed by atoms with van der Waals surface area (Å²) in [7, 11) is 0. The Balaban J connectivity index is 1.77. The first-order valence-electron chi connectivity index (χ1n) is 7.87. The summed E-state index contributed by atoms with van der Waals surface area (Å²) in [5.41, 5.74) is 6.32. The van der Waals surface area contributed by atoms with Gasteiger partial charge in [-0.1, -0.05) is 36.9 Å². The number of likely N-dealkylation sites (tertiary alicyclic amines) is 1. The molecule has 1 aromatic rings. The molecule has 1 aliphatic rings. The van der Waals surface area contributed by atoms with E-state index in [1.54, 1.807) is 0 Å². The second-order valence-corrected chi connectivity index (χ2v) is 5.65. The van der Waals surface area contributed by atoms with Crippen LogP contribution in [0.1, 0.15) is 18.4 Å². The van der Waals surface area contributed by atoms with E-state index in [4.69, 9.17) is 5.73 Å². The summed E-state index contributed by atoms with van der Waals surface area (Å²) in [6.07, 6.45) is 1.93. The fourth-order valence-corrected chi connectivity index (χ4v) is 2.68. The van der Waals surface area contributed by atoms with Crippen molar-refractivity contribution in [3.63, 3.8) is 0 Å². The summed E-state index contributed by atoms with van der Waals surface area (Å²) in [6, 6.07) is 8.61. The number of benzene rings is 1. The van der Waals surface area contributed by atoms with Crippen molar-refractivity contribution < 1.29 is 14.4 Å². The molecule has 1 saturated heterocycles. The Kier molecular flexibility index (Phi) is 5.95. The minimum absolute atomic E-state index is 0.0691. The molecule has 1 atom stereocenters. The Morgan fingerprint density at radius 1 is 1.25 bits per heavy atom. The average Bonchev–Trinajstić information content (AvgIpc) is 3.05. The van der Waals surface area contributed by atoms with Gasteiger partial charge in [0.25, 0.3) is 5.91 Å². The van der Waals surface area contributed by atoms with Gasteiger partial charge in [-0.15, -0.1) is 0 Å². The van der Waals surface area contributed by atoms with Crippen molar-refractivity contribution >= 4 is 17.8 Å². The van der Waals surface area contributed by atoms with Crippen LogP contribution in [0, 0.1) is 0 Å². The van der Waals surface area contributed by atoms with Gasteiger partial charge in [-0.2, -0.15) is 0 Å². The van der Waals surface area contributed by atoms with Crippen molar-refractivity contribution in [2.75, 3.05) is 13.1 Å². The molecule has 4 N–H and O–H groups in total. The number of primary amides is 1. The molecule has 1 fully saturated rings. The lowest BCUT2D eigenvalue weighted by molar-refractivity contribution is -0.134. The van der Waals surface area contributed by atoms with Crippen molar-refractivity contribution in [3.05, 3.63) is 48.2 Å². The number of nitrogens with two attached hydrogens (primary N) is 1. The Hall–Kier alpha value is -2.83.